The van der Waals surface area contributed by atoms with Gasteiger partial charge in [-0.25, -0.2) is 0 Å². The molecule has 0 saturated heterocycles. The number of halogens is 2. The zero-order valence-electron chi connectivity index (χ0n) is 14.1. The first-order valence-corrected chi connectivity index (χ1v) is 9.93. The Morgan fingerprint density at radius 1 is 1.17 bits per heavy atom. The number of hydrogen-bond acceptors (Lipinski definition) is 1. The number of alkyl halides is 2. The summed E-state index contributed by atoms with van der Waals surface area (Å²) in [6.45, 7) is 1.90. The Labute approximate surface area is 150 Å². The average Bonchev–Trinajstić information content (AvgIpc) is 2.60. The minimum Gasteiger partial charge on any atom is -0.294 e. The predicted molar refractivity (Wildman–Crippen MR) is 99.8 cm³/mol. The monoisotopic (exact) mass is 354 g/mol. The van der Waals surface area contributed by atoms with Crippen LogP contribution in [0.1, 0.15) is 67.8 Å². The molecule has 1 nitrogen and oxygen atoms in total. The van der Waals surface area contributed by atoms with Crippen LogP contribution in [0.15, 0.2) is 24.3 Å². The van der Waals surface area contributed by atoms with E-state index in [4.69, 9.17) is 23.2 Å². The molecule has 128 valence electrons. The van der Waals surface area contributed by atoms with E-state index in [2.05, 4.69) is 12.1 Å². The van der Waals surface area contributed by atoms with Crippen LogP contribution in [0.25, 0.3) is 0 Å². The SMILES string of the molecule is CCC(=O)c1ccc(CC(Cl)[C@H]2CC[C@H](CCCCl)CC2)cc1. The normalized spacial score (nSPS) is 22.7. The summed E-state index contributed by atoms with van der Waals surface area (Å²) in [5.41, 5.74) is 2.05. The number of ketones is 1. The number of carbonyl (C=O) groups excluding carboxylic acids is 1. The minimum absolute atomic E-state index is 0.203. The van der Waals surface area contributed by atoms with E-state index >= 15 is 0 Å². The van der Waals surface area contributed by atoms with Gasteiger partial charge in [-0.15, -0.1) is 23.2 Å². The summed E-state index contributed by atoms with van der Waals surface area (Å²) in [7, 11) is 0. The maximum absolute atomic E-state index is 11.7. The quantitative estimate of drug-likeness (QED) is 0.398. The zero-order chi connectivity index (χ0) is 16.7. The Hall–Kier alpha value is -0.530. The molecule has 0 spiro atoms. The first-order chi connectivity index (χ1) is 11.1. The van der Waals surface area contributed by atoms with Crippen molar-refractivity contribution in [1.29, 1.82) is 0 Å². The van der Waals surface area contributed by atoms with E-state index < -0.39 is 0 Å². The van der Waals surface area contributed by atoms with E-state index in [1.807, 2.05) is 19.1 Å². The summed E-state index contributed by atoms with van der Waals surface area (Å²) < 4.78 is 0. The van der Waals surface area contributed by atoms with Crippen molar-refractivity contribution in [3.8, 4) is 0 Å². The molecule has 0 aliphatic heterocycles. The Kier molecular flexibility index (Phi) is 7.92. The molecule has 23 heavy (non-hydrogen) atoms. The van der Waals surface area contributed by atoms with Crippen molar-refractivity contribution in [3.05, 3.63) is 35.4 Å². The van der Waals surface area contributed by atoms with Crippen LogP contribution in [0.4, 0.5) is 0 Å². The van der Waals surface area contributed by atoms with Gasteiger partial charge in [0.1, 0.15) is 0 Å². The summed E-state index contributed by atoms with van der Waals surface area (Å²) >= 11 is 12.5. The van der Waals surface area contributed by atoms with E-state index in [0.717, 1.165) is 30.2 Å². The molecule has 1 aliphatic rings. The molecule has 0 radical (unpaired) electrons. The maximum Gasteiger partial charge on any atom is 0.162 e. The van der Waals surface area contributed by atoms with Crippen molar-refractivity contribution in [2.75, 3.05) is 5.88 Å². The van der Waals surface area contributed by atoms with E-state index in [0.29, 0.717) is 12.3 Å². The summed E-state index contributed by atoms with van der Waals surface area (Å²) in [6, 6.07) is 8.00. The highest BCUT2D eigenvalue weighted by Crippen LogP contribution is 2.36. The van der Waals surface area contributed by atoms with Gasteiger partial charge >= 0.3 is 0 Å². The summed E-state index contributed by atoms with van der Waals surface area (Å²) in [4.78, 5) is 11.7. The van der Waals surface area contributed by atoms with Crippen LogP contribution in [0.5, 0.6) is 0 Å². The lowest BCUT2D eigenvalue weighted by Crippen LogP contribution is -2.24. The fourth-order valence-corrected chi connectivity index (χ4v) is 4.21. The van der Waals surface area contributed by atoms with Gasteiger partial charge in [-0.2, -0.15) is 0 Å². The fraction of sp³-hybridized carbons (Fsp3) is 0.650. The number of Topliss-reactive ketones (excluding diaryl/α,β-unsaturated/α-hetero) is 1. The van der Waals surface area contributed by atoms with Crippen molar-refractivity contribution in [2.24, 2.45) is 11.8 Å². The lowest BCUT2D eigenvalue weighted by atomic mass is 9.78. The van der Waals surface area contributed by atoms with Gasteiger partial charge in [0.05, 0.1) is 0 Å². The highest BCUT2D eigenvalue weighted by Gasteiger charge is 2.26. The Morgan fingerprint density at radius 3 is 2.39 bits per heavy atom. The molecule has 1 unspecified atom stereocenters. The predicted octanol–water partition coefficient (Wildman–Crippen LogP) is 6.25. The molecule has 0 N–H and O–H groups in total. The second kappa shape index (κ2) is 9.69. The highest BCUT2D eigenvalue weighted by atomic mass is 35.5. The third-order valence-electron chi connectivity index (χ3n) is 5.18. The first-order valence-electron chi connectivity index (χ1n) is 8.96. The van der Waals surface area contributed by atoms with E-state index in [1.54, 1.807) is 0 Å². The first kappa shape index (κ1) is 18.8. The largest absolute Gasteiger partial charge is 0.294 e. The number of rotatable bonds is 8. The molecule has 1 fully saturated rings. The summed E-state index contributed by atoms with van der Waals surface area (Å²) in [5.74, 6) is 2.47. The summed E-state index contributed by atoms with van der Waals surface area (Å²) in [5, 5.41) is 0.205. The zero-order valence-corrected chi connectivity index (χ0v) is 15.6. The van der Waals surface area contributed by atoms with E-state index in [-0.39, 0.29) is 11.2 Å². The molecule has 1 aliphatic carbocycles. The van der Waals surface area contributed by atoms with Gasteiger partial charge in [0, 0.05) is 23.2 Å². The molecule has 3 heteroatoms. The van der Waals surface area contributed by atoms with Crippen molar-refractivity contribution in [2.45, 2.75) is 63.7 Å². The van der Waals surface area contributed by atoms with Gasteiger partial charge in [0.25, 0.3) is 0 Å². The topological polar surface area (TPSA) is 17.1 Å². The molecule has 0 aromatic heterocycles. The van der Waals surface area contributed by atoms with Crippen LogP contribution in [0.3, 0.4) is 0 Å². The molecule has 1 atom stereocenters. The van der Waals surface area contributed by atoms with Gasteiger partial charge in [0.15, 0.2) is 5.78 Å². The molecular weight excluding hydrogens is 327 g/mol. The van der Waals surface area contributed by atoms with Crippen molar-refractivity contribution in [1.82, 2.24) is 0 Å². The molecular formula is C20H28Cl2O. The molecule has 1 aromatic rings. The van der Waals surface area contributed by atoms with Crippen molar-refractivity contribution < 1.29 is 4.79 Å². The van der Waals surface area contributed by atoms with Crippen LogP contribution in [0, 0.1) is 11.8 Å². The van der Waals surface area contributed by atoms with E-state index in [9.17, 15) is 4.79 Å². The minimum atomic E-state index is 0.203. The maximum atomic E-state index is 11.7. The molecule has 0 heterocycles. The smallest absolute Gasteiger partial charge is 0.162 e. The summed E-state index contributed by atoms with van der Waals surface area (Å²) in [6.07, 6.45) is 8.97. The van der Waals surface area contributed by atoms with Crippen LogP contribution >= 0.6 is 23.2 Å². The number of benzene rings is 1. The third kappa shape index (κ3) is 5.80. The Balaban J connectivity index is 1.80. The second-order valence-corrected chi connectivity index (χ2v) is 7.74. The highest BCUT2D eigenvalue weighted by molar-refractivity contribution is 6.21. The lowest BCUT2D eigenvalue weighted by molar-refractivity contribution is 0.0988. The average molecular weight is 355 g/mol. The van der Waals surface area contributed by atoms with Gasteiger partial charge in [-0.1, -0.05) is 44.0 Å². The van der Waals surface area contributed by atoms with Gasteiger partial charge < -0.3 is 0 Å². The Bertz CT molecular complexity index is 475. The fourth-order valence-electron chi connectivity index (χ4n) is 3.63. The lowest BCUT2D eigenvalue weighted by Gasteiger charge is -2.31. The van der Waals surface area contributed by atoms with Crippen molar-refractivity contribution >= 4 is 29.0 Å². The molecule has 2 rings (SSSR count). The number of hydrogen-bond donors (Lipinski definition) is 0. The molecule has 0 amide bonds. The van der Waals surface area contributed by atoms with Crippen LogP contribution in [-0.4, -0.2) is 17.0 Å². The van der Waals surface area contributed by atoms with Crippen LogP contribution in [0.2, 0.25) is 0 Å². The van der Waals surface area contributed by atoms with Crippen molar-refractivity contribution in [3.63, 3.8) is 0 Å². The van der Waals surface area contributed by atoms with Gasteiger partial charge in [-0.3, -0.25) is 4.79 Å². The molecule has 1 aromatic carbocycles. The number of carbonyl (C=O) groups is 1. The van der Waals surface area contributed by atoms with Gasteiger partial charge in [-0.05, 0) is 49.5 Å². The standard InChI is InChI=1S/C20H28Cl2O/c1-2-20(23)18-11-7-16(8-12-18)14-19(22)17-9-5-15(6-10-17)4-3-13-21/h7-8,11-12,15,17,19H,2-6,9-10,13-14H2,1H3/t15-,17-,19?. The second-order valence-electron chi connectivity index (χ2n) is 6.81. The molecule has 1 saturated carbocycles. The Morgan fingerprint density at radius 2 is 1.83 bits per heavy atom. The van der Waals surface area contributed by atoms with Crippen LogP contribution < -0.4 is 0 Å². The van der Waals surface area contributed by atoms with Crippen LogP contribution in [-0.2, 0) is 6.42 Å². The van der Waals surface area contributed by atoms with Gasteiger partial charge in [0.2, 0.25) is 0 Å². The molecule has 0 bridgehead atoms. The van der Waals surface area contributed by atoms with E-state index in [1.165, 1.54) is 37.7 Å². The third-order valence-corrected chi connectivity index (χ3v) is 5.95.